The maximum atomic E-state index is 13.5. The summed E-state index contributed by atoms with van der Waals surface area (Å²) in [6.07, 6.45) is 0. The molecule has 2 aromatic rings. The van der Waals surface area contributed by atoms with Gasteiger partial charge in [-0.25, -0.2) is 9.18 Å². The zero-order valence-electron chi connectivity index (χ0n) is 12.5. The van der Waals surface area contributed by atoms with Crippen LogP contribution in [0.1, 0.15) is 10.4 Å². The molecule has 0 heterocycles. The molecule has 2 rings (SSSR count). The number of carbonyl (C=O) groups is 2. The third kappa shape index (κ3) is 5.68. The Hall–Kier alpha value is -2.74. The van der Waals surface area contributed by atoms with E-state index in [2.05, 4.69) is 10.1 Å². The van der Waals surface area contributed by atoms with Crippen molar-refractivity contribution in [2.75, 3.05) is 11.9 Å². The second-order valence-corrected chi connectivity index (χ2v) is 5.09. The molecule has 132 valence electrons. The Bertz CT molecular complexity index is 768. The molecule has 0 atom stereocenters. The van der Waals surface area contributed by atoms with E-state index in [0.717, 1.165) is 12.1 Å². The number of amides is 1. The number of carbonyl (C=O) groups excluding carboxylic acids is 2. The van der Waals surface area contributed by atoms with Gasteiger partial charge in [-0.05, 0) is 42.5 Å². The third-order valence-corrected chi connectivity index (χ3v) is 3.08. The molecule has 0 aliphatic heterocycles. The van der Waals surface area contributed by atoms with E-state index in [0.29, 0.717) is 0 Å². The molecule has 0 saturated heterocycles. The van der Waals surface area contributed by atoms with Crippen LogP contribution < -0.4 is 10.1 Å². The van der Waals surface area contributed by atoms with Crippen LogP contribution in [0.3, 0.4) is 0 Å². The first-order valence-electron chi connectivity index (χ1n) is 6.82. The molecule has 0 radical (unpaired) electrons. The fourth-order valence-corrected chi connectivity index (χ4v) is 1.94. The molecule has 0 aliphatic carbocycles. The summed E-state index contributed by atoms with van der Waals surface area (Å²) in [6, 6.07) is 8.52. The predicted octanol–water partition coefficient (Wildman–Crippen LogP) is 3.88. The van der Waals surface area contributed by atoms with Crippen LogP contribution >= 0.6 is 11.6 Å². The van der Waals surface area contributed by atoms with E-state index in [1.54, 1.807) is 0 Å². The smallest absolute Gasteiger partial charge is 0.387 e. The molecule has 0 aromatic heterocycles. The van der Waals surface area contributed by atoms with E-state index in [4.69, 9.17) is 16.3 Å². The van der Waals surface area contributed by atoms with Gasteiger partial charge in [-0.15, -0.1) is 0 Å². The van der Waals surface area contributed by atoms with Crippen molar-refractivity contribution < 1.29 is 32.2 Å². The van der Waals surface area contributed by atoms with Crippen LogP contribution in [0.4, 0.5) is 18.9 Å². The number of anilines is 1. The van der Waals surface area contributed by atoms with Gasteiger partial charge in [0, 0.05) is 10.7 Å². The lowest BCUT2D eigenvalue weighted by Gasteiger charge is -2.08. The minimum Gasteiger partial charge on any atom is -0.452 e. The zero-order chi connectivity index (χ0) is 18.4. The molecule has 5 nitrogen and oxygen atoms in total. The average molecular weight is 374 g/mol. The Kier molecular flexibility index (Phi) is 6.24. The van der Waals surface area contributed by atoms with Crippen molar-refractivity contribution in [2.45, 2.75) is 6.61 Å². The number of ether oxygens (including phenoxy) is 2. The standard InChI is InChI=1S/C16H11ClF3NO4/c17-9-1-6-12(13(18)7-9)15(23)24-8-14(22)21-10-2-4-11(5-3-10)25-16(19)20/h1-7,16H,8H2,(H,21,22). The van der Waals surface area contributed by atoms with Crippen LogP contribution in [0.25, 0.3) is 0 Å². The highest BCUT2D eigenvalue weighted by Crippen LogP contribution is 2.18. The van der Waals surface area contributed by atoms with Gasteiger partial charge in [-0.2, -0.15) is 8.78 Å². The summed E-state index contributed by atoms with van der Waals surface area (Å²) in [5.74, 6) is -2.65. The van der Waals surface area contributed by atoms with E-state index >= 15 is 0 Å². The molecule has 1 N–H and O–H groups in total. The molecule has 2 aromatic carbocycles. The van der Waals surface area contributed by atoms with E-state index in [1.165, 1.54) is 30.3 Å². The minimum atomic E-state index is -2.95. The van der Waals surface area contributed by atoms with Gasteiger partial charge in [0.05, 0.1) is 5.56 Å². The molecular weight excluding hydrogens is 363 g/mol. The molecule has 0 saturated carbocycles. The van der Waals surface area contributed by atoms with Gasteiger partial charge in [0.1, 0.15) is 11.6 Å². The summed E-state index contributed by atoms with van der Waals surface area (Å²) >= 11 is 5.57. The van der Waals surface area contributed by atoms with Crippen LogP contribution in [0.2, 0.25) is 5.02 Å². The van der Waals surface area contributed by atoms with Crippen LogP contribution in [0.15, 0.2) is 42.5 Å². The van der Waals surface area contributed by atoms with E-state index in [1.807, 2.05) is 0 Å². The van der Waals surface area contributed by atoms with E-state index < -0.39 is 30.9 Å². The van der Waals surface area contributed by atoms with Gasteiger partial charge >= 0.3 is 12.6 Å². The van der Waals surface area contributed by atoms with Crippen molar-refractivity contribution in [2.24, 2.45) is 0 Å². The predicted molar refractivity (Wildman–Crippen MR) is 83.4 cm³/mol. The lowest BCUT2D eigenvalue weighted by molar-refractivity contribution is -0.119. The molecule has 0 spiro atoms. The van der Waals surface area contributed by atoms with Crippen molar-refractivity contribution in [1.82, 2.24) is 0 Å². The quantitative estimate of drug-likeness (QED) is 0.780. The summed E-state index contributed by atoms with van der Waals surface area (Å²) in [5.41, 5.74) is -0.0777. The van der Waals surface area contributed by atoms with Gasteiger partial charge in [0.25, 0.3) is 5.91 Å². The Morgan fingerprint density at radius 3 is 2.40 bits per heavy atom. The van der Waals surface area contributed by atoms with E-state index in [9.17, 15) is 22.8 Å². The first kappa shape index (κ1) is 18.6. The summed E-state index contributed by atoms with van der Waals surface area (Å²) in [5, 5.41) is 2.50. The molecule has 25 heavy (non-hydrogen) atoms. The molecule has 0 fully saturated rings. The van der Waals surface area contributed by atoms with Gasteiger partial charge in [0.15, 0.2) is 6.61 Å². The Morgan fingerprint density at radius 1 is 1.12 bits per heavy atom. The second kappa shape index (κ2) is 8.39. The fourth-order valence-electron chi connectivity index (χ4n) is 1.78. The number of alkyl halides is 2. The maximum absolute atomic E-state index is 13.5. The Balaban J connectivity index is 1.86. The normalized spacial score (nSPS) is 10.4. The van der Waals surface area contributed by atoms with Crippen molar-refractivity contribution in [3.05, 3.63) is 58.9 Å². The Morgan fingerprint density at radius 2 is 1.80 bits per heavy atom. The lowest BCUT2D eigenvalue weighted by atomic mass is 10.2. The topological polar surface area (TPSA) is 64.6 Å². The van der Waals surface area contributed by atoms with Crippen LogP contribution in [0.5, 0.6) is 5.75 Å². The number of rotatable bonds is 6. The lowest BCUT2D eigenvalue weighted by Crippen LogP contribution is -2.21. The summed E-state index contributed by atoms with van der Waals surface area (Å²) in [7, 11) is 0. The monoisotopic (exact) mass is 373 g/mol. The molecule has 0 unspecified atom stereocenters. The SMILES string of the molecule is O=C(COC(=O)c1ccc(Cl)cc1F)Nc1ccc(OC(F)F)cc1. The fraction of sp³-hybridized carbons (Fsp3) is 0.125. The summed E-state index contributed by atoms with van der Waals surface area (Å²) < 4.78 is 46.5. The Labute approximate surface area is 145 Å². The van der Waals surface area contributed by atoms with Crippen LogP contribution in [-0.2, 0) is 9.53 Å². The van der Waals surface area contributed by atoms with Crippen molar-refractivity contribution >= 4 is 29.2 Å². The largest absolute Gasteiger partial charge is 0.452 e. The first-order valence-corrected chi connectivity index (χ1v) is 7.20. The summed E-state index contributed by atoms with van der Waals surface area (Å²) in [4.78, 5) is 23.4. The number of hydrogen-bond donors (Lipinski definition) is 1. The van der Waals surface area contributed by atoms with Gasteiger partial charge in [-0.3, -0.25) is 4.79 Å². The number of hydrogen-bond acceptors (Lipinski definition) is 4. The van der Waals surface area contributed by atoms with Crippen molar-refractivity contribution in [3.8, 4) is 5.75 Å². The highest BCUT2D eigenvalue weighted by Gasteiger charge is 2.15. The first-order chi connectivity index (χ1) is 11.8. The third-order valence-electron chi connectivity index (χ3n) is 2.85. The molecule has 0 bridgehead atoms. The second-order valence-electron chi connectivity index (χ2n) is 4.65. The number of halogens is 4. The van der Waals surface area contributed by atoms with Gasteiger partial charge in [-0.1, -0.05) is 11.6 Å². The zero-order valence-corrected chi connectivity index (χ0v) is 13.2. The number of esters is 1. The molecule has 1 amide bonds. The number of nitrogens with one attached hydrogen (secondary N) is 1. The summed E-state index contributed by atoms with van der Waals surface area (Å²) in [6.45, 7) is -3.61. The van der Waals surface area contributed by atoms with Crippen LogP contribution in [-0.4, -0.2) is 25.1 Å². The highest BCUT2D eigenvalue weighted by molar-refractivity contribution is 6.30. The van der Waals surface area contributed by atoms with Crippen LogP contribution in [0, 0.1) is 5.82 Å². The van der Waals surface area contributed by atoms with Gasteiger partial charge in [0.2, 0.25) is 0 Å². The van der Waals surface area contributed by atoms with Crippen molar-refractivity contribution in [1.29, 1.82) is 0 Å². The maximum Gasteiger partial charge on any atom is 0.387 e. The number of benzene rings is 2. The van der Waals surface area contributed by atoms with Gasteiger partial charge < -0.3 is 14.8 Å². The molecule has 9 heteroatoms. The highest BCUT2D eigenvalue weighted by atomic mass is 35.5. The average Bonchev–Trinajstić information content (AvgIpc) is 2.54. The minimum absolute atomic E-state index is 0.0716. The van der Waals surface area contributed by atoms with Crippen molar-refractivity contribution in [3.63, 3.8) is 0 Å². The molecular formula is C16H11ClF3NO4. The molecule has 0 aliphatic rings. The van der Waals surface area contributed by atoms with E-state index in [-0.39, 0.29) is 22.0 Å².